The van der Waals surface area contributed by atoms with Crippen molar-refractivity contribution in [2.75, 3.05) is 11.9 Å². The van der Waals surface area contributed by atoms with Crippen LogP contribution in [0, 0.1) is 0 Å². The molecule has 0 fully saturated rings. The normalized spacial score (nSPS) is 11.3. The van der Waals surface area contributed by atoms with E-state index in [0.29, 0.717) is 11.8 Å². The van der Waals surface area contributed by atoms with Gasteiger partial charge in [0.2, 0.25) is 17.7 Å². The summed E-state index contributed by atoms with van der Waals surface area (Å²) in [5, 5.41) is 5.71. The lowest BCUT2D eigenvalue weighted by molar-refractivity contribution is -0.120. The van der Waals surface area contributed by atoms with Crippen molar-refractivity contribution < 1.29 is 9.53 Å². The maximum Gasteiger partial charge on any atom is 0.239 e. The van der Waals surface area contributed by atoms with E-state index >= 15 is 0 Å². The lowest BCUT2D eigenvalue weighted by atomic mass is 10.1. The van der Waals surface area contributed by atoms with E-state index in [1.807, 2.05) is 34.6 Å². The molecule has 0 atom stereocenters. The molecule has 1 amide bonds. The first-order valence-corrected chi connectivity index (χ1v) is 6.31. The summed E-state index contributed by atoms with van der Waals surface area (Å²) in [7, 11) is 0. The van der Waals surface area contributed by atoms with Gasteiger partial charge >= 0.3 is 0 Å². The van der Waals surface area contributed by atoms with Gasteiger partial charge in [-0.15, -0.1) is 0 Å². The maximum atomic E-state index is 11.6. The van der Waals surface area contributed by atoms with Crippen LogP contribution in [0.2, 0.25) is 0 Å². The summed E-state index contributed by atoms with van der Waals surface area (Å²) in [5.74, 6) is 0.761. The minimum absolute atomic E-state index is 0.0481. The van der Waals surface area contributed by atoms with E-state index in [1.54, 1.807) is 12.3 Å². The summed E-state index contributed by atoms with van der Waals surface area (Å²) in [6.07, 6.45) is 1.64. The first kappa shape index (κ1) is 15.2. The lowest BCUT2D eigenvalue weighted by Gasteiger charge is -2.20. The van der Waals surface area contributed by atoms with Gasteiger partial charge in [0.1, 0.15) is 0 Å². The second-order valence-corrected chi connectivity index (χ2v) is 5.54. The van der Waals surface area contributed by atoms with Gasteiger partial charge in [-0.2, -0.15) is 4.98 Å². The molecular formula is C13H22N4O2. The van der Waals surface area contributed by atoms with Crippen LogP contribution in [0.5, 0.6) is 5.88 Å². The highest BCUT2D eigenvalue weighted by Crippen LogP contribution is 2.09. The van der Waals surface area contributed by atoms with E-state index in [-0.39, 0.29) is 24.1 Å². The van der Waals surface area contributed by atoms with Gasteiger partial charge in [0.25, 0.3) is 0 Å². The molecule has 106 valence electrons. The van der Waals surface area contributed by atoms with E-state index in [0.717, 1.165) is 0 Å². The van der Waals surface area contributed by atoms with Crippen molar-refractivity contribution in [3.63, 3.8) is 0 Å². The van der Waals surface area contributed by atoms with Gasteiger partial charge < -0.3 is 15.4 Å². The summed E-state index contributed by atoms with van der Waals surface area (Å²) >= 11 is 0. The molecule has 19 heavy (non-hydrogen) atoms. The Morgan fingerprint density at radius 3 is 2.68 bits per heavy atom. The van der Waals surface area contributed by atoms with E-state index < -0.39 is 0 Å². The van der Waals surface area contributed by atoms with Crippen molar-refractivity contribution in [1.82, 2.24) is 15.3 Å². The van der Waals surface area contributed by atoms with Crippen LogP contribution in [0.25, 0.3) is 0 Å². The first-order valence-electron chi connectivity index (χ1n) is 6.31. The van der Waals surface area contributed by atoms with Crippen LogP contribution in [0.1, 0.15) is 34.6 Å². The predicted octanol–water partition coefficient (Wildman–Crippen LogP) is 1.59. The zero-order valence-corrected chi connectivity index (χ0v) is 12.2. The molecule has 6 heteroatoms. The van der Waals surface area contributed by atoms with Crippen molar-refractivity contribution in [1.29, 1.82) is 0 Å². The van der Waals surface area contributed by atoms with Gasteiger partial charge in [0, 0.05) is 17.8 Å². The molecule has 0 aliphatic heterocycles. The number of rotatable bonds is 5. The third kappa shape index (κ3) is 6.59. The molecule has 0 saturated heterocycles. The van der Waals surface area contributed by atoms with Crippen LogP contribution in [0.15, 0.2) is 12.3 Å². The number of aromatic nitrogens is 2. The number of carbonyl (C=O) groups is 1. The molecule has 0 radical (unpaired) electrons. The summed E-state index contributed by atoms with van der Waals surface area (Å²) in [5.41, 5.74) is -0.248. The standard InChI is InChI=1S/C13H22N4O2/c1-9(2)19-11-6-7-14-12(16-11)15-8-10(18)17-13(3,4)5/h6-7,9H,8H2,1-5H3,(H,17,18)(H,14,15,16). The molecule has 0 bridgehead atoms. The van der Waals surface area contributed by atoms with Gasteiger partial charge in [0.05, 0.1) is 12.6 Å². The number of ether oxygens (including phenoxy) is 1. The molecule has 0 spiro atoms. The number of nitrogens with zero attached hydrogens (tertiary/aromatic N) is 2. The van der Waals surface area contributed by atoms with Gasteiger partial charge in [-0.1, -0.05) is 0 Å². The van der Waals surface area contributed by atoms with Gasteiger partial charge in [-0.3, -0.25) is 4.79 Å². The smallest absolute Gasteiger partial charge is 0.239 e. The van der Waals surface area contributed by atoms with E-state index in [1.165, 1.54) is 0 Å². The SMILES string of the molecule is CC(C)Oc1ccnc(NCC(=O)NC(C)(C)C)n1. The third-order valence-electron chi connectivity index (χ3n) is 1.91. The van der Waals surface area contributed by atoms with Crippen LogP contribution in [-0.2, 0) is 4.79 Å². The van der Waals surface area contributed by atoms with E-state index in [9.17, 15) is 4.79 Å². The van der Waals surface area contributed by atoms with Crippen molar-refractivity contribution in [2.45, 2.75) is 46.3 Å². The molecule has 6 nitrogen and oxygen atoms in total. The second-order valence-electron chi connectivity index (χ2n) is 5.54. The van der Waals surface area contributed by atoms with Crippen LogP contribution >= 0.6 is 0 Å². The Kier molecular flexibility index (Phi) is 5.09. The summed E-state index contributed by atoms with van der Waals surface area (Å²) in [6.45, 7) is 9.76. The van der Waals surface area contributed by atoms with E-state index in [2.05, 4.69) is 20.6 Å². The molecule has 1 rings (SSSR count). The number of nitrogens with one attached hydrogen (secondary N) is 2. The molecule has 0 saturated carbocycles. The number of anilines is 1. The predicted molar refractivity (Wildman–Crippen MR) is 74.2 cm³/mol. The minimum atomic E-state index is -0.248. The fourth-order valence-electron chi connectivity index (χ4n) is 1.36. The molecular weight excluding hydrogens is 244 g/mol. The largest absolute Gasteiger partial charge is 0.475 e. The Hall–Kier alpha value is -1.85. The van der Waals surface area contributed by atoms with Gasteiger partial charge in [-0.25, -0.2) is 4.98 Å². The summed E-state index contributed by atoms with van der Waals surface area (Å²) < 4.78 is 5.45. The van der Waals surface area contributed by atoms with Crippen LogP contribution < -0.4 is 15.4 Å². The van der Waals surface area contributed by atoms with Crippen LogP contribution in [-0.4, -0.2) is 34.1 Å². The van der Waals surface area contributed by atoms with Crippen LogP contribution in [0.3, 0.4) is 0 Å². The highest BCUT2D eigenvalue weighted by Gasteiger charge is 2.13. The van der Waals surface area contributed by atoms with Gasteiger partial charge in [-0.05, 0) is 34.6 Å². The van der Waals surface area contributed by atoms with Crippen LogP contribution in [0.4, 0.5) is 5.95 Å². The fourth-order valence-corrected chi connectivity index (χ4v) is 1.36. The van der Waals surface area contributed by atoms with Gasteiger partial charge in [0.15, 0.2) is 0 Å². The highest BCUT2D eigenvalue weighted by atomic mass is 16.5. The maximum absolute atomic E-state index is 11.6. The number of hydrogen-bond donors (Lipinski definition) is 2. The average molecular weight is 266 g/mol. The van der Waals surface area contributed by atoms with Crippen molar-refractivity contribution >= 4 is 11.9 Å². The first-order chi connectivity index (χ1) is 8.76. The number of carbonyl (C=O) groups excluding carboxylic acids is 1. The van der Waals surface area contributed by atoms with E-state index in [4.69, 9.17) is 4.74 Å². The second kappa shape index (κ2) is 6.36. The molecule has 1 aromatic rings. The monoisotopic (exact) mass is 266 g/mol. The lowest BCUT2D eigenvalue weighted by Crippen LogP contribution is -2.43. The summed E-state index contributed by atoms with van der Waals surface area (Å²) in [4.78, 5) is 19.8. The molecule has 0 aromatic carbocycles. The number of hydrogen-bond acceptors (Lipinski definition) is 5. The molecule has 0 unspecified atom stereocenters. The highest BCUT2D eigenvalue weighted by molar-refractivity contribution is 5.80. The van der Waals surface area contributed by atoms with Crippen molar-refractivity contribution in [3.8, 4) is 5.88 Å². The third-order valence-corrected chi connectivity index (χ3v) is 1.91. The zero-order valence-electron chi connectivity index (χ0n) is 12.2. The Labute approximate surface area is 114 Å². The fraction of sp³-hybridized carbons (Fsp3) is 0.615. The molecule has 0 aliphatic carbocycles. The number of amides is 1. The topological polar surface area (TPSA) is 76.1 Å². The quantitative estimate of drug-likeness (QED) is 0.846. The molecule has 2 N–H and O–H groups in total. The zero-order chi connectivity index (χ0) is 14.5. The molecule has 1 heterocycles. The molecule has 0 aliphatic rings. The van der Waals surface area contributed by atoms with Crippen molar-refractivity contribution in [3.05, 3.63) is 12.3 Å². The summed E-state index contributed by atoms with van der Waals surface area (Å²) in [6, 6.07) is 1.68. The molecule has 1 aromatic heterocycles. The Morgan fingerprint density at radius 2 is 2.11 bits per heavy atom. The minimum Gasteiger partial charge on any atom is -0.475 e. The average Bonchev–Trinajstić information content (AvgIpc) is 2.23. The Bertz CT molecular complexity index is 427. The van der Waals surface area contributed by atoms with Crippen molar-refractivity contribution in [2.24, 2.45) is 0 Å². The Morgan fingerprint density at radius 1 is 1.42 bits per heavy atom. The Balaban J connectivity index is 2.51.